The zero-order chi connectivity index (χ0) is 22.0. The second kappa shape index (κ2) is 8.55. The van der Waals surface area contributed by atoms with E-state index >= 15 is 0 Å². The van der Waals surface area contributed by atoms with Gasteiger partial charge >= 0.3 is 0 Å². The Balaban J connectivity index is 1.54. The standard InChI is InChI=1S/C24H25N5O2/c1-5-17-6-7-18(27-23-10-16(4)25-13-26-23)11-20(17)28-24(30)12-21-19-8-14(2)15(3)9-22(19)31-29-21/h6-11,13H,5,12H2,1-4H3,(H,28,30)(H,25,26,27). The normalized spacial score (nSPS) is 11.0. The first kappa shape index (κ1) is 20.5. The van der Waals surface area contributed by atoms with Gasteiger partial charge in [-0.2, -0.15) is 0 Å². The third-order valence-electron chi connectivity index (χ3n) is 5.33. The fourth-order valence-corrected chi connectivity index (χ4v) is 3.47. The zero-order valence-electron chi connectivity index (χ0n) is 18.1. The summed E-state index contributed by atoms with van der Waals surface area (Å²) < 4.78 is 5.42. The summed E-state index contributed by atoms with van der Waals surface area (Å²) in [6, 6.07) is 11.7. The topological polar surface area (TPSA) is 92.9 Å². The van der Waals surface area contributed by atoms with Crippen LogP contribution in [0.1, 0.15) is 35.0 Å². The molecule has 0 spiro atoms. The number of aryl methyl sites for hydroxylation is 4. The lowest BCUT2D eigenvalue weighted by Crippen LogP contribution is -2.16. The molecular formula is C24H25N5O2. The number of nitrogens with zero attached hydrogens (tertiary/aromatic N) is 3. The summed E-state index contributed by atoms with van der Waals surface area (Å²) in [7, 11) is 0. The van der Waals surface area contributed by atoms with Gasteiger partial charge in [-0.25, -0.2) is 9.97 Å². The van der Waals surface area contributed by atoms with Crippen molar-refractivity contribution in [1.29, 1.82) is 0 Å². The Kier molecular flexibility index (Phi) is 5.66. The summed E-state index contributed by atoms with van der Waals surface area (Å²) in [4.78, 5) is 21.2. The van der Waals surface area contributed by atoms with Crippen LogP contribution in [-0.4, -0.2) is 21.0 Å². The van der Waals surface area contributed by atoms with Gasteiger partial charge in [0.15, 0.2) is 5.58 Å². The molecule has 0 aliphatic rings. The average molecular weight is 415 g/mol. The Morgan fingerprint density at radius 2 is 1.84 bits per heavy atom. The predicted octanol–water partition coefficient (Wildman–Crippen LogP) is 5.03. The van der Waals surface area contributed by atoms with Crippen LogP contribution in [-0.2, 0) is 17.6 Å². The maximum absolute atomic E-state index is 12.8. The predicted molar refractivity (Wildman–Crippen MR) is 122 cm³/mol. The van der Waals surface area contributed by atoms with E-state index in [1.165, 1.54) is 6.33 Å². The number of amides is 1. The number of carbonyl (C=O) groups is 1. The van der Waals surface area contributed by atoms with Crippen molar-refractivity contribution in [3.63, 3.8) is 0 Å². The Morgan fingerprint density at radius 1 is 1.03 bits per heavy atom. The highest BCUT2D eigenvalue weighted by Gasteiger charge is 2.15. The molecule has 1 amide bonds. The third-order valence-corrected chi connectivity index (χ3v) is 5.33. The van der Waals surface area contributed by atoms with Crippen molar-refractivity contribution in [2.24, 2.45) is 0 Å². The van der Waals surface area contributed by atoms with Gasteiger partial charge in [-0.05, 0) is 68.1 Å². The Bertz CT molecular complexity index is 1260. The molecule has 31 heavy (non-hydrogen) atoms. The third kappa shape index (κ3) is 4.55. The molecule has 4 aromatic rings. The monoisotopic (exact) mass is 415 g/mol. The first-order valence-corrected chi connectivity index (χ1v) is 10.3. The van der Waals surface area contributed by atoms with E-state index in [2.05, 4.69) is 32.7 Å². The lowest BCUT2D eigenvalue weighted by Gasteiger charge is -2.13. The first-order chi connectivity index (χ1) is 14.9. The smallest absolute Gasteiger partial charge is 0.230 e. The molecule has 2 aromatic heterocycles. The summed E-state index contributed by atoms with van der Waals surface area (Å²) in [6.07, 6.45) is 2.46. The van der Waals surface area contributed by atoms with Crippen LogP contribution in [0, 0.1) is 20.8 Å². The highest BCUT2D eigenvalue weighted by atomic mass is 16.5. The lowest BCUT2D eigenvalue weighted by molar-refractivity contribution is -0.115. The summed E-state index contributed by atoms with van der Waals surface area (Å²) in [5, 5.41) is 11.3. The SMILES string of the molecule is CCc1ccc(Nc2cc(C)ncn2)cc1NC(=O)Cc1noc2cc(C)c(C)cc12. The molecule has 158 valence electrons. The van der Waals surface area contributed by atoms with E-state index in [1.807, 2.05) is 57.2 Å². The molecule has 0 saturated heterocycles. The Labute approximate surface area is 180 Å². The minimum absolute atomic E-state index is 0.140. The second-order valence-corrected chi connectivity index (χ2v) is 7.68. The molecule has 0 radical (unpaired) electrons. The quantitative estimate of drug-likeness (QED) is 0.459. The summed E-state index contributed by atoms with van der Waals surface area (Å²) in [5.41, 5.74) is 7.15. The number of benzene rings is 2. The maximum Gasteiger partial charge on any atom is 0.230 e. The van der Waals surface area contributed by atoms with E-state index in [1.54, 1.807) is 0 Å². The molecule has 2 aromatic carbocycles. The first-order valence-electron chi connectivity index (χ1n) is 10.3. The molecule has 0 bridgehead atoms. The molecule has 0 aliphatic heterocycles. The van der Waals surface area contributed by atoms with Gasteiger partial charge in [0.1, 0.15) is 17.8 Å². The number of carbonyl (C=O) groups excluding carboxylic acids is 1. The summed E-state index contributed by atoms with van der Waals surface area (Å²) in [5.74, 6) is 0.562. The van der Waals surface area contributed by atoms with E-state index < -0.39 is 0 Å². The fraction of sp³-hybridized carbons (Fsp3) is 0.250. The molecule has 0 fully saturated rings. The van der Waals surface area contributed by atoms with Crippen molar-refractivity contribution in [3.8, 4) is 0 Å². The zero-order valence-corrected chi connectivity index (χ0v) is 18.1. The van der Waals surface area contributed by atoms with Crippen LogP contribution in [0.3, 0.4) is 0 Å². The lowest BCUT2D eigenvalue weighted by atomic mass is 10.1. The number of nitrogens with one attached hydrogen (secondary N) is 2. The molecule has 0 atom stereocenters. The van der Waals surface area contributed by atoms with Gasteiger partial charge < -0.3 is 15.2 Å². The van der Waals surface area contributed by atoms with Crippen molar-refractivity contribution in [2.75, 3.05) is 10.6 Å². The van der Waals surface area contributed by atoms with Gasteiger partial charge in [-0.3, -0.25) is 4.79 Å². The number of hydrogen-bond acceptors (Lipinski definition) is 6. The molecule has 7 nitrogen and oxygen atoms in total. The highest BCUT2D eigenvalue weighted by Crippen LogP contribution is 2.26. The summed E-state index contributed by atoms with van der Waals surface area (Å²) >= 11 is 0. The van der Waals surface area contributed by atoms with Crippen LogP contribution in [0.5, 0.6) is 0 Å². The maximum atomic E-state index is 12.8. The molecular weight excluding hydrogens is 390 g/mol. The van der Waals surface area contributed by atoms with Crippen molar-refractivity contribution in [2.45, 2.75) is 40.5 Å². The fourth-order valence-electron chi connectivity index (χ4n) is 3.47. The number of aromatic nitrogens is 3. The van der Waals surface area contributed by atoms with Gasteiger partial charge in [0.25, 0.3) is 0 Å². The van der Waals surface area contributed by atoms with Crippen LogP contribution in [0.15, 0.2) is 47.2 Å². The average Bonchev–Trinajstić information content (AvgIpc) is 3.10. The van der Waals surface area contributed by atoms with E-state index in [0.29, 0.717) is 17.1 Å². The largest absolute Gasteiger partial charge is 0.356 e. The number of fused-ring (bicyclic) bond motifs is 1. The molecule has 7 heteroatoms. The number of rotatable bonds is 6. The Morgan fingerprint density at radius 3 is 2.61 bits per heavy atom. The molecule has 0 unspecified atom stereocenters. The number of hydrogen-bond donors (Lipinski definition) is 2. The van der Waals surface area contributed by atoms with Gasteiger partial charge in [-0.1, -0.05) is 18.1 Å². The van der Waals surface area contributed by atoms with Crippen LogP contribution < -0.4 is 10.6 Å². The van der Waals surface area contributed by atoms with Crippen LogP contribution >= 0.6 is 0 Å². The molecule has 0 aliphatic carbocycles. The van der Waals surface area contributed by atoms with Crippen LogP contribution in [0.25, 0.3) is 11.0 Å². The minimum atomic E-state index is -0.141. The van der Waals surface area contributed by atoms with Crippen LogP contribution in [0.4, 0.5) is 17.2 Å². The van der Waals surface area contributed by atoms with E-state index in [9.17, 15) is 4.79 Å². The second-order valence-electron chi connectivity index (χ2n) is 7.68. The van der Waals surface area contributed by atoms with Gasteiger partial charge in [0.05, 0.1) is 6.42 Å². The number of anilines is 3. The molecule has 4 rings (SSSR count). The van der Waals surface area contributed by atoms with Gasteiger partial charge in [0.2, 0.25) is 5.91 Å². The highest BCUT2D eigenvalue weighted by molar-refractivity contribution is 5.96. The molecule has 2 N–H and O–H groups in total. The summed E-state index contributed by atoms with van der Waals surface area (Å²) in [6.45, 7) is 8.04. The molecule has 0 saturated carbocycles. The van der Waals surface area contributed by atoms with Crippen molar-refractivity contribution < 1.29 is 9.32 Å². The van der Waals surface area contributed by atoms with E-state index in [-0.39, 0.29) is 12.3 Å². The van der Waals surface area contributed by atoms with Gasteiger partial charge in [0, 0.05) is 28.5 Å². The van der Waals surface area contributed by atoms with Crippen LogP contribution in [0.2, 0.25) is 0 Å². The minimum Gasteiger partial charge on any atom is -0.356 e. The van der Waals surface area contributed by atoms with E-state index in [4.69, 9.17) is 4.52 Å². The Hall–Kier alpha value is -3.74. The molecule has 2 heterocycles. The van der Waals surface area contributed by atoms with Gasteiger partial charge in [-0.15, -0.1) is 0 Å². The van der Waals surface area contributed by atoms with Crippen molar-refractivity contribution in [3.05, 3.63) is 70.8 Å². The van der Waals surface area contributed by atoms with Crippen molar-refractivity contribution >= 4 is 34.1 Å². The van der Waals surface area contributed by atoms with Crippen molar-refractivity contribution in [1.82, 2.24) is 15.1 Å². The van der Waals surface area contributed by atoms with E-state index in [0.717, 1.165) is 45.6 Å².